The number of rotatable bonds is 3. The second kappa shape index (κ2) is 6.14. The lowest BCUT2D eigenvalue weighted by atomic mass is 10.0. The Morgan fingerprint density at radius 3 is 2.37 bits per heavy atom. The van der Waals surface area contributed by atoms with Crippen molar-refractivity contribution in [3.63, 3.8) is 0 Å². The molecule has 0 saturated carbocycles. The van der Waals surface area contributed by atoms with Crippen LogP contribution in [0.1, 0.15) is 20.7 Å². The van der Waals surface area contributed by atoms with Crippen molar-refractivity contribution in [2.24, 2.45) is 0 Å². The first-order chi connectivity index (χ1) is 13.0. The molecule has 2 heterocycles. The van der Waals surface area contributed by atoms with Crippen molar-refractivity contribution in [1.29, 1.82) is 0 Å². The van der Waals surface area contributed by atoms with E-state index >= 15 is 0 Å². The molecular formula is C20H15N3O4. The van der Waals surface area contributed by atoms with E-state index in [0.29, 0.717) is 11.4 Å². The molecule has 0 bridgehead atoms. The highest BCUT2D eigenvalue weighted by Crippen LogP contribution is 2.32. The first-order valence-electron chi connectivity index (χ1n) is 8.16. The number of pyridine rings is 1. The van der Waals surface area contributed by atoms with Crippen molar-refractivity contribution in [3.8, 4) is 22.6 Å². The smallest absolute Gasteiger partial charge is 0.262 e. The molecule has 0 saturated heterocycles. The highest BCUT2D eigenvalue weighted by atomic mass is 16.5. The second-order valence-corrected chi connectivity index (χ2v) is 6.03. The fourth-order valence-corrected chi connectivity index (χ4v) is 3.22. The minimum Gasteiger partial charge on any atom is -0.496 e. The summed E-state index contributed by atoms with van der Waals surface area (Å²) in [6.45, 7) is 0. The number of aromatic nitrogens is 1. The van der Waals surface area contributed by atoms with Crippen LogP contribution in [-0.2, 0) is 0 Å². The number of nitrogen functional groups attached to an aromatic ring is 1. The molecule has 134 valence electrons. The molecule has 2 aromatic carbocycles. The topological polar surface area (TPSA) is 103 Å². The van der Waals surface area contributed by atoms with E-state index in [1.807, 2.05) is 36.4 Å². The number of hydrogen-bond acceptors (Lipinski definition) is 5. The number of ether oxygens (including phenoxy) is 1. The van der Waals surface area contributed by atoms with Gasteiger partial charge >= 0.3 is 0 Å². The zero-order valence-electron chi connectivity index (χ0n) is 14.4. The molecule has 1 aromatic heterocycles. The number of nitrogens with two attached hydrogens (primary N) is 1. The average Bonchev–Trinajstić information content (AvgIpc) is 2.96. The van der Waals surface area contributed by atoms with Gasteiger partial charge < -0.3 is 10.5 Å². The standard InChI is InChI=1S/C20H15N3O4/c1-27-15-9-12(7-8-13(15)11-5-3-2-4-6-11)23-16(24)10-14-17(18(23)21)20(26)22-19(14)25/h2-10H,21H2,1H3,(H,22,25,26). The van der Waals surface area contributed by atoms with Crippen molar-refractivity contribution in [2.75, 3.05) is 12.8 Å². The van der Waals surface area contributed by atoms with Crippen LogP contribution in [0.25, 0.3) is 16.8 Å². The quantitative estimate of drug-likeness (QED) is 0.694. The van der Waals surface area contributed by atoms with Gasteiger partial charge in [-0.25, -0.2) is 0 Å². The van der Waals surface area contributed by atoms with Crippen molar-refractivity contribution in [1.82, 2.24) is 9.88 Å². The van der Waals surface area contributed by atoms with Crippen LogP contribution in [-0.4, -0.2) is 23.5 Å². The third kappa shape index (κ3) is 2.56. The Balaban J connectivity index is 1.91. The maximum absolute atomic E-state index is 12.6. The molecule has 3 aromatic rings. The fraction of sp³-hybridized carbons (Fsp3) is 0.0500. The number of anilines is 1. The third-order valence-corrected chi connectivity index (χ3v) is 4.48. The number of imide groups is 1. The summed E-state index contributed by atoms with van der Waals surface area (Å²) in [4.78, 5) is 36.3. The van der Waals surface area contributed by atoms with E-state index < -0.39 is 17.4 Å². The Bertz CT molecular complexity index is 1150. The van der Waals surface area contributed by atoms with Gasteiger partial charge in [0.2, 0.25) is 0 Å². The summed E-state index contributed by atoms with van der Waals surface area (Å²) in [7, 11) is 1.53. The van der Waals surface area contributed by atoms with E-state index in [4.69, 9.17) is 10.5 Å². The molecule has 0 atom stereocenters. The lowest BCUT2D eigenvalue weighted by molar-refractivity contribution is 0.0880. The van der Waals surface area contributed by atoms with Crippen LogP contribution >= 0.6 is 0 Å². The number of carbonyl (C=O) groups excluding carboxylic acids is 2. The first-order valence-corrected chi connectivity index (χ1v) is 8.16. The number of nitrogens with zero attached hydrogens (tertiary/aromatic N) is 1. The van der Waals surface area contributed by atoms with Crippen molar-refractivity contribution >= 4 is 17.6 Å². The van der Waals surface area contributed by atoms with E-state index in [2.05, 4.69) is 5.32 Å². The SMILES string of the molecule is COc1cc(-n2c(N)c3c(cc2=O)C(=O)NC3=O)ccc1-c1ccccc1. The Hall–Kier alpha value is -3.87. The number of fused-ring (bicyclic) bond motifs is 1. The molecule has 0 unspecified atom stereocenters. The monoisotopic (exact) mass is 361 g/mol. The van der Waals surface area contributed by atoms with Crippen LogP contribution in [0.3, 0.4) is 0 Å². The van der Waals surface area contributed by atoms with E-state index in [9.17, 15) is 14.4 Å². The zero-order valence-corrected chi connectivity index (χ0v) is 14.4. The molecule has 0 aliphatic carbocycles. The Kier molecular flexibility index (Phi) is 3.77. The van der Waals surface area contributed by atoms with E-state index in [1.165, 1.54) is 11.7 Å². The van der Waals surface area contributed by atoms with Crippen LogP contribution in [0.2, 0.25) is 0 Å². The minimum atomic E-state index is -0.622. The third-order valence-electron chi connectivity index (χ3n) is 4.48. The summed E-state index contributed by atoms with van der Waals surface area (Å²) in [6, 6.07) is 16.0. The van der Waals surface area contributed by atoms with Gasteiger partial charge in [0, 0.05) is 17.7 Å². The van der Waals surface area contributed by atoms with Gasteiger partial charge in [-0.2, -0.15) is 0 Å². The second-order valence-electron chi connectivity index (χ2n) is 6.03. The predicted molar refractivity (Wildman–Crippen MR) is 100 cm³/mol. The predicted octanol–water partition coefficient (Wildman–Crippen LogP) is 1.98. The molecule has 7 heteroatoms. The first kappa shape index (κ1) is 16.6. The summed E-state index contributed by atoms with van der Waals surface area (Å²) >= 11 is 0. The van der Waals surface area contributed by atoms with E-state index in [1.54, 1.807) is 12.1 Å². The van der Waals surface area contributed by atoms with Crippen LogP contribution in [0.4, 0.5) is 5.82 Å². The van der Waals surface area contributed by atoms with Crippen LogP contribution < -0.4 is 21.3 Å². The molecule has 3 N–H and O–H groups in total. The van der Waals surface area contributed by atoms with Crippen molar-refractivity contribution in [3.05, 3.63) is 76.1 Å². The minimum absolute atomic E-state index is 0.00528. The van der Waals surface area contributed by atoms with Gasteiger partial charge in [-0.05, 0) is 17.7 Å². The Morgan fingerprint density at radius 1 is 0.926 bits per heavy atom. The van der Waals surface area contributed by atoms with Gasteiger partial charge in [0.1, 0.15) is 11.6 Å². The number of amides is 2. The van der Waals surface area contributed by atoms with Gasteiger partial charge in [0.15, 0.2) is 0 Å². The Labute approximate surface area is 154 Å². The molecule has 1 aliphatic rings. The maximum Gasteiger partial charge on any atom is 0.262 e. The molecule has 4 rings (SSSR count). The number of hydrogen-bond donors (Lipinski definition) is 2. The van der Waals surface area contributed by atoms with Crippen molar-refractivity contribution < 1.29 is 14.3 Å². The molecule has 0 spiro atoms. The van der Waals surface area contributed by atoms with Gasteiger partial charge in [-0.1, -0.05) is 30.3 Å². The van der Waals surface area contributed by atoms with Crippen LogP contribution in [0.5, 0.6) is 5.75 Å². The summed E-state index contributed by atoms with van der Waals surface area (Å²) in [5.41, 5.74) is 7.80. The van der Waals surface area contributed by atoms with Gasteiger partial charge in [-0.15, -0.1) is 0 Å². The van der Waals surface area contributed by atoms with Crippen molar-refractivity contribution in [2.45, 2.75) is 0 Å². The van der Waals surface area contributed by atoms with Crippen LogP contribution in [0.15, 0.2) is 59.4 Å². The molecule has 7 nitrogen and oxygen atoms in total. The fourth-order valence-electron chi connectivity index (χ4n) is 3.22. The molecule has 2 amide bonds. The lowest BCUT2D eigenvalue weighted by Gasteiger charge is -2.15. The molecule has 0 fully saturated rings. The maximum atomic E-state index is 12.6. The zero-order chi connectivity index (χ0) is 19.1. The highest BCUT2D eigenvalue weighted by Gasteiger charge is 2.31. The lowest BCUT2D eigenvalue weighted by Crippen LogP contribution is -2.24. The molecule has 27 heavy (non-hydrogen) atoms. The summed E-state index contributed by atoms with van der Waals surface area (Å²) in [5.74, 6) is -0.779. The van der Waals surface area contributed by atoms with Gasteiger partial charge in [0.25, 0.3) is 17.4 Å². The normalized spacial score (nSPS) is 12.6. The number of nitrogens with one attached hydrogen (secondary N) is 1. The molecule has 1 aliphatic heterocycles. The summed E-state index contributed by atoms with van der Waals surface area (Å²) in [5, 5.41) is 2.15. The number of carbonyl (C=O) groups is 2. The van der Waals surface area contributed by atoms with Gasteiger partial charge in [0.05, 0.1) is 23.9 Å². The largest absolute Gasteiger partial charge is 0.496 e. The van der Waals surface area contributed by atoms with Crippen LogP contribution in [0, 0.1) is 0 Å². The van der Waals surface area contributed by atoms with E-state index in [0.717, 1.165) is 17.2 Å². The average molecular weight is 361 g/mol. The highest BCUT2D eigenvalue weighted by molar-refractivity contribution is 6.23. The molecular weight excluding hydrogens is 346 g/mol. The summed E-state index contributed by atoms with van der Waals surface area (Å²) < 4.78 is 6.67. The number of methoxy groups -OCH3 is 1. The summed E-state index contributed by atoms with van der Waals surface area (Å²) in [6.07, 6.45) is 0. The molecule has 0 radical (unpaired) electrons. The van der Waals surface area contributed by atoms with E-state index in [-0.39, 0.29) is 16.9 Å². The van der Waals surface area contributed by atoms with Gasteiger partial charge in [-0.3, -0.25) is 24.3 Å². The Morgan fingerprint density at radius 2 is 1.67 bits per heavy atom. The number of benzene rings is 2.